The summed E-state index contributed by atoms with van der Waals surface area (Å²) in [6.07, 6.45) is 2.90. The van der Waals surface area contributed by atoms with Crippen LogP contribution in [-0.2, 0) is 23.1 Å². The Morgan fingerprint density at radius 2 is 2.16 bits per heavy atom. The van der Waals surface area contributed by atoms with Gasteiger partial charge in [0, 0.05) is 7.05 Å². The van der Waals surface area contributed by atoms with E-state index in [1.54, 1.807) is 11.6 Å². The third-order valence-corrected chi connectivity index (χ3v) is 2.68. The fourth-order valence-corrected chi connectivity index (χ4v) is 1.75. The highest BCUT2D eigenvalue weighted by Crippen LogP contribution is 2.02. The average molecular weight is 262 g/mol. The van der Waals surface area contributed by atoms with Crippen LogP contribution in [0.2, 0.25) is 0 Å². The molecule has 0 unspecified atom stereocenters. The number of nitrogens with zero attached hydrogens (tertiary/aromatic N) is 5. The maximum Gasteiger partial charge on any atom is 0.280 e. The van der Waals surface area contributed by atoms with Gasteiger partial charge < -0.3 is 9.30 Å². The Bertz CT molecular complexity index is 743. The summed E-state index contributed by atoms with van der Waals surface area (Å²) in [5.74, 6) is -0.0682. The Hall–Kier alpha value is -2.71. The Morgan fingerprint density at radius 1 is 1.37 bits per heavy atom. The van der Waals surface area contributed by atoms with Gasteiger partial charge in [0.15, 0.2) is 17.8 Å². The highest BCUT2D eigenvalue weighted by atomic mass is 16.5. The first-order chi connectivity index (χ1) is 9.15. The number of carbonyl (C=O) groups excluding carboxylic acids is 1. The summed E-state index contributed by atoms with van der Waals surface area (Å²) in [6, 6.07) is 0. The van der Waals surface area contributed by atoms with Gasteiger partial charge in [0.2, 0.25) is 5.90 Å². The van der Waals surface area contributed by atoms with Crippen LogP contribution in [0.1, 0.15) is 0 Å². The van der Waals surface area contributed by atoms with Crippen LogP contribution in [0.4, 0.5) is 0 Å². The van der Waals surface area contributed by atoms with E-state index in [0.29, 0.717) is 11.2 Å². The van der Waals surface area contributed by atoms with Gasteiger partial charge in [-0.05, 0) is 0 Å². The number of nitrogens with one attached hydrogen (secondary N) is 1. The Balaban J connectivity index is 1.97. The zero-order valence-corrected chi connectivity index (χ0v) is 10.0. The van der Waals surface area contributed by atoms with Gasteiger partial charge in [0.1, 0.15) is 12.9 Å². The first kappa shape index (κ1) is 11.4. The number of imidazole rings is 1. The van der Waals surface area contributed by atoms with Crippen molar-refractivity contribution in [1.29, 1.82) is 0 Å². The van der Waals surface area contributed by atoms with Crippen LogP contribution in [0.5, 0.6) is 0 Å². The lowest BCUT2D eigenvalue weighted by Crippen LogP contribution is -2.35. The van der Waals surface area contributed by atoms with Crippen LogP contribution in [0.3, 0.4) is 0 Å². The first-order valence-electron chi connectivity index (χ1n) is 5.50. The van der Waals surface area contributed by atoms with E-state index in [-0.39, 0.29) is 30.5 Å². The molecule has 3 heterocycles. The molecule has 98 valence electrons. The normalized spacial score (nSPS) is 15.0. The van der Waals surface area contributed by atoms with E-state index in [1.165, 1.54) is 17.2 Å². The topological polar surface area (TPSA) is 103 Å². The second kappa shape index (κ2) is 4.19. The largest absolute Gasteiger partial charge is 0.468 e. The van der Waals surface area contributed by atoms with Crippen molar-refractivity contribution in [3.05, 3.63) is 23.0 Å². The van der Waals surface area contributed by atoms with Crippen molar-refractivity contribution >= 4 is 23.0 Å². The molecule has 9 heteroatoms. The number of carbonyl (C=O) groups is 1. The lowest BCUT2D eigenvalue weighted by molar-refractivity contribution is -0.124. The molecule has 0 saturated heterocycles. The summed E-state index contributed by atoms with van der Waals surface area (Å²) in [7, 11) is 1.72. The van der Waals surface area contributed by atoms with Crippen LogP contribution in [-0.4, -0.2) is 37.5 Å². The summed E-state index contributed by atoms with van der Waals surface area (Å²) in [4.78, 5) is 31.2. The SMILES string of the molecule is Cn1cnc2ncn(CC3=NNC(=O)CO3)c(=O)c21. The summed E-state index contributed by atoms with van der Waals surface area (Å²) < 4.78 is 8.05. The molecule has 0 radical (unpaired) electrons. The fourth-order valence-electron chi connectivity index (χ4n) is 1.75. The molecule has 2 aromatic rings. The summed E-state index contributed by atoms with van der Waals surface area (Å²) >= 11 is 0. The van der Waals surface area contributed by atoms with E-state index < -0.39 is 0 Å². The Kier molecular flexibility index (Phi) is 2.51. The van der Waals surface area contributed by atoms with Crippen LogP contribution >= 0.6 is 0 Å². The molecule has 19 heavy (non-hydrogen) atoms. The molecule has 0 bridgehead atoms. The van der Waals surface area contributed by atoms with Crippen LogP contribution in [0.15, 0.2) is 22.6 Å². The molecule has 9 nitrogen and oxygen atoms in total. The van der Waals surface area contributed by atoms with Gasteiger partial charge in [-0.1, -0.05) is 0 Å². The third-order valence-electron chi connectivity index (χ3n) is 2.68. The predicted molar refractivity (Wildman–Crippen MR) is 64.3 cm³/mol. The van der Waals surface area contributed by atoms with Crippen molar-refractivity contribution in [2.75, 3.05) is 6.61 Å². The molecular formula is C10H10N6O3. The van der Waals surface area contributed by atoms with E-state index in [0.717, 1.165) is 0 Å². The number of amides is 1. The maximum absolute atomic E-state index is 12.2. The number of rotatable bonds is 2. The second-order valence-corrected chi connectivity index (χ2v) is 4.03. The number of hydrogen-bond donors (Lipinski definition) is 1. The number of hydrazone groups is 1. The molecule has 0 fully saturated rings. The monoisotopic (exact) mass is 262 g/mol. The van der Waals surface area contributed by atoms with Gasteiger partial charge in [-0.2, -0.15) is 0 Å². The standard InChI is InChI=1S/C10H10N6O3/c1-15-4-11-9-8(15)10(18)16(5-12-9)2-7-14-13-6(17)3-19-7/h4-5H,2-3H2,1H3,(H,13,17). The highest BCUT2D eigenvalue weighted by molar-refractivity contribution is 5.86. The van der Waals surface area contributed by atoms with Crippen molar-refractivity contribution in [3.8, 4) is 0 Å². The molecule has 0 spiro atoms. The molecule has 1 aliphatic heterocycles. The van der Waals surface area contributed by atoms with E-state index in [2.05, 4.69) is 20.5 Å². The minimum absolute atomic E-state index is 0.102. The van der Waals surface area contributed by atoms with E-state index in [1.807, 2.05) is 0 Å². The van der Waals surface area contributed by atoms with Gasteiger partial charge in [0.25, 0.3) is 11.5 Å². The number of aromatic nitrogens is 4. The molecule has 3 rings (SSSR count). The van der Waals surface area contributed by atoms with E-state index in [9.17, 15) is 9.59 Å². The Morgan fingerprint density at radius 3 is 2.89 bits per heavy atom. The zero-order chi connectivity index (χ0) is 13.4. The number of ether oxygens (including phenoxy) is 1. The molecule has 1 aliphatic rings. The summed E-state index contributed by atoms with van der Waals surface area (Å²) in [5.41, 5.74) is 2.84. The predicted octanol–water partition coefficient (Wildman–Crippen LogP) is -1.41. The van der Waals surface area contributed by atoms with Crippen LogP contribution in [0.25, 0.3) is 11.2 Å². The highest BCUT2D eigenvalue weighted by Gasteiger charge is 2.15. The molecule has 0 saturated carbocycles. The lowest BCUT2D eigenvalue weighted by atomic mass is 10.5. The molecule has 1 amide bonds. The molecule has 0 atom stereocenters. The quantitative estimate of drug-likeness (QED) is 0.716. The average Bonchev–Trinajstić information content (AvgIpc) is 2.78. The van der Waals surface area contributed by atoms with Crippen LogP contribution in [0, 0.1) is 0 Å². The number of aryl methyl sites for hydroxylation is 1. The first-order valence-corrected chi connectivity index (χ1v) is 5.50. The van der Waals surface area contributed by atoms with Crippen molar-refractivity contribution < 1.29 is 9.53 Å². The molecule has 2 aromatic heterocycles. The van der Waals surface area contributed by atoms with Gasteiger partial charge in [-0.15, -0.1) is 5.10 Å². The van der Waals surface area contributed by atoms with E-state index in [4.69, 9.17) is 4.74 Å². The van der Waals surface area contributed by atoms with Crippen molar-refractivity contribution in [2.45, 2.75) is 6.54 Å². The van der Waals surface area contributed by atoms with Gasteiger partial charge in [-0.25, -0.2) is 15.4 Å². The van der Waals surface area contributed by atoms with E-state index >= 15 is 0 Å². The number of hydrogen-bond acceptors (Lipinski definition) is 6. The zero-order valence-electron chi connectivity index (χ0n) is 10.0. The third kappa shape index (κ3) is 1.94. The fraction of sp³-hybridized carbons (Fsp3) is 0.300. The molecule has 0 aliphatic carbocycles. The summed E-state index contributed by atoms with van der Waals surface area (Å²) in [5, 5.41) is 3.72. The molecular weight excluding hydrogens is 252 g/mol. The molecule has 0 aromatic carbocycles. The summed E-state index contributed by atoms with van der Waals surface area (Å²) in [6.45, 7) is 0.00218. The smallest absolute Gasteiger partial charge is 0.280 e. The van der Waals surface area contributed by atoms with Gasteiger partial charge >= 0.3 is 0 Å². The van der Waals surface area contributed by atoms with Crippen molar-refractivity contribution in [2.24, 2.45) is 12.1 Å². The second-order valence-electron chi connectivity index (χ2n) is 4.03. The number of fused-ring (bicyclic) bond motifs is 1. The minimum Gasteiger partial charge on any atom is -0.468 e. The van der Waals surface area contributed by atoms with Crippen LogP contribution < -0.4 is 11.0 Å². The Labute approximate surface area is 106 Å². The van der Waals surface area contributed by atoms with Gasteiger partial charge in [-0.3, -0.25) is 14.2 Å². The van der Waals surface area contributed by atoms with Crippen molar-refractivity contribution in [1.82, 2.24) is 24.5 Å². The van der Waals surface area contributed by atoms with Gasteiger partial charge in [0.05, 0.1) is 6.33 Å². The minimum atomic E-state index is -0.323. The molecule has 1 N–H and O–H groups in total. The maximum atomic E-state index is 12.2. The van der Waals surface area contributed by atoms with Crippen molar-refractivity contribution in [3.63, 3.8) is 0 Å². The lowest BCUT2D eigenvalue weighted by Gasteiger charge is -2.14.